The van der Waals surface area contributed by atoms with Crippen LogP contribution in [0.5, 0.6) is 0 Å². The second-order valence-electron chi connectivity index (χ2n) is 5.44. The molecule has 0 radical (unpaired) electrons. The molecule has 0 aliphatic carbocycles. The van der Waals surface area contributed by atoms with Crippen molar-refractivity contribution in [2.75, 3.05) is 6.26 Å². The van der Waals surface area contributed by atoms with E-state index in [1.807, 2.05) is 0 Å². The predicted molar refractivity (Wildman–Crippen MR) is 88.9 cm³/mol. The van der Waals surface area contributed by atoms with Gasteiger partial charge < -0.3 is 4.42 Å². The fourth-order valence-electron chi connectivity index (χ4n) is 2.31. The Balaban J connectivity index is 2.10. The molecule has 3 aromatic rings. The first-order chi connectivity index (χ1) is 11.7. The zero-order valence-corrected chi connectivity index (χ0v) is 13.8. The highest BCUT2D eigenvalue weighted by Gasteiger charge is 2.13. The Morgan fingerprint density at radius 1 is 0.880 bits per heavy atom. The maximum atomic E-state index is 13.9. The lowest BCUT2D eigenvalue weighted by Crippen LogP contribution is -2.00. The fourth-order valence-corrected chi connectivity index (χ4v) is 2.94. The van der Waals surface area contributed by atoms with Crippen molar-refractivity contribution < 1.29 is 21.6 Å². The number of sulfone groups is 1. The van der Waals surface area contributed by atoms with Gasteiger partial charge in [-0.3, -0.25) is 4.79 Å². The van der Waals surface area contributed by atoms with E-state index in [4.69, 9.17) is 4.42 Å². The maximum Gasteiger partial charge on any atom is 0.186 e. The van der Waals surface area contributed by atoms with Crippen molar-refractivity contribution in [2.24, 2.45) is 0 Å². The van der Waals surface area contributed by atoms with Gasteiger partial charge in [0, 0.05) is 30.0 Å². The summed E-state index contributed by atoms with van der Waals surface area (Å²) >= 11 is 0. The minimum atomic E-state index is -3.35. The highest BCUT2D eigenvalue weighted by Crippen LogP contribution is 2.27. The molecule has 7 heteroatoms. The third-order valence-electron chi connectivity index (χ3n) is 3.53. The van der Waals surface area contributed by atoms with Gasteiger partial charge in [-0.05, 0) is 36.4 Å². The van der Waals surface area contributed by atoms with E-state index in [1.54, 1.807) is 0 Å². The van der Waals surface area contributed by atoms with Crippen molar-refractivity contribution in [1.29, 1.82) is 0 Å². The van der Waals surface area contributed by atoms with Gasteiger partial charge >= 0.3 is 0 Å². The Labute approximate surface area is 142 Å². The van der Waals surface area contributed by atoms with Gasteiger partial charge in [0.15, 0.2) is 15.3 Å². The molecule has 0 bridgehead atoms. The van der Waals surface area contributed by atoms with E-state index in [1.165, 1.54) is 36.4 Å². The summed E-state index contributed by atoms with van der Waals surface area (Å²) in [7, 11) is -3.35. The molecule has 0 atom stereocenters. The predicted octanol–water partition coefficient (Wildman–Crippen LogP) is 3.66. The second-order valence-corrected chi connectivity index (χ2v) is 7.46. The standard InChI is InChI=1S/C18H12F2O4S/c1-25(22,23)14-5-2-11(3-6-14)17-9-13(21)10-18(24-17)15-7-4-12(19)8-16(15)20/h2-10H,1H3. The maximum absolute atomic E-state index is 13.9. The first-order valence-corrected chi connectivity index (χ1v) is 9.04. The highest BCUT2D eigenvalue weighted by molar-refractivity contribution is 7.90. The SMILES string of the molecule is CS(=O)(=O)c1ccc(-c2cc(=O)cc(-c3ccc(F)cc3F)o2)cc1. The van der Waals surface area contributed by atoms with E-state index < -0.39 is 26.9 Å². The summed E-state index contributed by atoms with van der Waals surface area (Å²) in [4.78, 5) is 12.0. The molecule has 0 amide bonds. The molecule has 1 heterocycles. The number of halogens is 2. The average Bonchev–Trinajstić information content (AvgIpc) is 2.53. The molecule has 1 aromatic heterocycles. The number of hydrogen-bond donors (Lipinski definition) is 0. The first kappa shape index (κ1) is 17.0. The Morgan fingerprint density at radius 3 is 2.12 bits per heavy atom. The van der Waals surface area contributed by atoms with Crippen molar-refractivity contribution in [3.05, 3.63) is 76.5 Å². The molecule has 0 saturated carbocycles. The number of hydrogen-bond acceptors (Lipinski definition) is 4. The molecule has 25 heavy (non-hydrogen) atoms. The van der Waals surface area contributed by atoms with Crippen LogP contribution in [0.2, 0.25) is 0 Å². The lowest BCUT2D eigenvalue weighted by Gasteiger charge is -2.07. The van der Waals surface area contributed by atoms with E-state index in [0.29, 0.717) is 11.6 Å². The Morgan fingerprint density at radius 2 is 1.52 bits per heavy atom. The minimum Gasteiger partial charge on any atom is -0.456 e. The van der Waals surface area contributed by atoms with Crippen molar-refractivity contribution in [3.8, 4) is 22.6 Å². The van der Waals surface area contributed by atoms with Crippen LogP contribution < -0.4 is 5.43 Å². The molecular formula is C18H12F2O4S. The van der Waals surface area contributed by atoms with Crippen LogP contribution >= 0.6 is 0 Å². The van der Waals surface area contributed by atoms with Gasteiger partial charge in [-0.2, -0.15) is 0 Å². The highest BCUT2D eigenvalue weighted by atomic mass is 32.2. The lowest BCUT2D eigenvalue weighted by atomic mass is 10.1. The molecule has 0 saturated heterocycles. The summed E-state index contributed by atoms with van der Waals surface area (Å²) in [6.45, 7) is 0. The summed E-state index contributed by atoms with van der Waals surface area (Å²) in [6.07, 6.45) is 1.08. The minimum absolute atomic E-state index is 0.0480. The number of benzene rings is 2. The molecule has 0 unspecified atom stereocenters. The molecule has 0 fully saturated rings. The quantitative estimate of drug-likeness (QED) is 0.713. The molecule has 0 aliphatic rings. The normalized spacial score (nSPS) is 11.5. The van der Waals surface area contributed by atoms with Crippen LogP contribution in [0.15, 0.2) is 68.7 Å². The topological polar surface area (TPSA) is 64.3 Å². The van der Waals surface area contributed by atoms with Gasteiger partial charge in [0.1, 0.15) is 23.2 Å². The molecule has 128 valence electrons. The summed E-state index contributed by atoms with van der Waals surface area (Å²) in [5.41, 5.74) is -0.0193. The molecule has 0 N–H and O–H groups in total. The monoisotopic (exact) mass is 362 g/mol. The van der Waals surface area contributed by atoms with E-state index in [0.717, 1.165) is 18.4 Å². The fraction of sp³-hybridized carbons (Fsp3) is 0.0556. The van der Waals surface area contributed by atoms with E-state index in [2.05, 4.69) is 0 Å². The summed E-state index contributed by atoms with van der Waals surface area (Å²) in [5.74, 6) is -1.50. The van der Waals surface area contributed by atoms with Crippen LogP contribution in [0.3, 0.4) is 0 Å². The largest absolute Gasteiger partial charge is 0.456 e. The Bertz CT molecular complexity index is 1100. The Hall–Kier alpha value is -2.80. The van der Waals surface area contributed by atoms with E-state index in [-0.39, 0.29) is 22.0 Å². The van der Waals surface area contributed by atoms with Crippen molar-refractivity contribution >= 4 is 9.84 Å². The Kier molecular flexibility index (Phi) is 4.26. The van der Waals surface area contributed by atoms with E-state index >= 15 is 0 Å². The third kappa shape index (κ3) is 3.66. The van der Waals surface area contributed by atoms with Gasteiger partial charge in [-0.15, -0.1) is 0 Å². The first-order valence-electron chi connectivity index (χ1n) is 7.15. The van der Waals surface area contributed by atoms with E-state index in [9.17, 15) is 22.0 Å². The van der Waals surface area contributed by atoms with Crippen LogP contribution in [0.25, 0.3) is 22.6 Å². The summed E-state index contributed by atoms with van der Waals surface area (Å²) in [5, 5.41) is 0. The van der Waals surface area contributed by atoms with Crippen LogP contribution in [0, 0.1) is 11.6 Å². The van der Waals surface area contributed by atoms with Crippen molar-refractivity contribution in [1.82, 2.24) is 0 Å². The average molecular weight is 362 g/mol. The van der Waals surface area contributed by atoms with Gasteiger partial charge in [0.2, 0.25) is 0 Å². The smallest absolute Gasteiger partial charge is 0.186 e. The van der Waals surface area contributed by atoms with Gasteiger partial charge in [-0.1, -0.05) is 0 Å². The van der Waals surface area contributed by atoms with Crippen LogP contribution in [-0.2, 0) is 9.84 Å². The molecular weight excluding hydrogens is 350 g/mol. The van der Waals surface area contributed by atoms with Crippen LogP contribution in [-0.4, -0.2) is 14.7 Å². The summed E-state index contributed by atoms with van der Waals surface area (Å²) in [6, 6.07) is 11.0. The molecule has 0 aliphatic heterocycles. The summed E-state index contributed by atoms with van der Waals surface area (Å²) < 4.78 is 55.5. The van der Waals surface area contributed by atoms with Crippen molar-refractivity contribution in [2.45, 2.75) is 4.90 Å². The third-order valence-corrected chi connectivity index (χ3v) is 4.66. The number of rotatable bonds is 3. The second kappa shape index (κ2) is 6.25. The molecule has 4 nitrogen and oxygen atoms in total. The van der Waals surface area contributed by atoms with Gasteiger partial charge in [-0.25, -0.2) is 17.2 Å². The van der Waals surface area contributed by atoms with Crippen molar-refractivity contribution in [3.63, 3.8) is 0 Å². The lowest BCUT2D eigenvalue weighted by molar-refractivity contribution is 0.558. The van der Waals surface area contributed by atoms with Crippen LogP contribution in [0.4, 0.5) is 8.78 Å². The molecule has 0 spiro atoms. The zero-order valence-electron chi connectivity index (χ0n) is 13.0. The molecule has 2 aromatic carbocycles. The van der Waals surface area contributed by atoms with Gasteiger partial charge in [0.05, 0.1) is 10.5 Å². The van der Waals surface area contributed by atoms with Gasteiger partial charge in [0.25, 0.3) is 0 Å². The van der Waals surface area contributed by atoms with Crippen LogP contribution in [0.1, 0.15) is 0 Å². The zero-order chi connectivity index (χ0) is 18.2. The molecule has 3 rings (SSSR count).